The summed E-state index contributed by atoms with van der Waals surface area (Å²) in [5.41, 5.74) is 2.19. The monoisotopic (exact) mass is 440 g/mol. The van der Waals surface area contributed by atoms with Crippen LogP contribution in [0.15, 0.2) is 40.2 Å². The molecule has 2 saturated heterocycles. The highest BCUT2D eigenvalue weighted by Gasteiger charge is 2.20. The van der Waals surface area contributed by atoms with Crippen LogP contribution in [0.2, 0.25) is 0 Å². The van der Waals surface area contributed by atoms with Crippen molar-refractivity contribution in [2.75, 3.05) is 70.3 Å². The van der Waals surface area contributed by atoms with Crippen LogP contribution in [-0.4, -0.2) is 96.2 Å². The average Bonchev–Trinajstić information content (AvgIpc) is 3.36. The number of pyridine rings is 1. The Morgan fingerprint density at radius 3 is 2.50 bits per heavy atom. The van der Waals surface area contributed by atoms with Crippen LogP contribution in [0.1, 0.15) is 25.1 Å². The minimum atomic E-state index is 0.659. The van der Waals surface area contributed by atoms with Gasteiger partial charge in [-0.3, -0.25) is 4.90 Å². The second-order valence-electron chi connectivity index (χ2n) is 8.37. The molecule has 2 fully saturated rings. The number of likely N-dealkylation sites (N-methyl/N-ethyl adjacent to an activating group) is 1. The Bertz CT molecular complexity index is 839. The number of anilines is 1. The molecule has 9 nitrogen and oxygen atoms in total. The summed E-state index contributed by atoms with van der Waals surface area (Å²) in [6, 6.07) is 6.21. The molecule has 9 heteroatoms. The van der Waals surface area contributed by atoms with Crippen molar-refractivity contribution in [3.63, 3.8) is 0 Å². The Hall–Kier alpha value is -2.65. The molecular weight excluding hydrogens is 404 g/mol. The lowest BCUT2D eigenvalue weighted by molar-refractivity contribution is 0.169. The largest absolute Gasteiger partial charge is 0.364 e. The van der Waals surface area contributed by atoms with Gasteiger partial charge >= 0.3 is 0 Å². The number of hydrogen-bond acceptors (Lipinski definition) is 7. The van der Waals surface area contributed by atoms with E-state index in [4.69, 9.17) is 9.52 Å². The standard InChI is InChI=1S/C23H36N8O/c1-3-24-23(31-14-10-29(11-15-31)19-21-6-16-32-27-21)26-18-20-5-7-25-22(17-20)30-12-8-28(4-2)9-13-30/h5-7,16-17H,3-4,8-15,18-19H2,1-2H3,(H,24,26). The SMILES string of the molecule is CCNC(=NCc1ccnc(N2CCN(CC)CC2)c1)N1CCN(Cc2ccon2)CC1. The molecule has 4 rings (SSSR count). The summed E-state index contributed by atoms with van der Waals surface area (Å²) in [4.78, 5) is 19.2. The molecule has 1 N–H and O–H groups in total. The second-order valence-corrected chi connectivity index (χ2v) is 8.37. The summed E-state index contributed by atoms with van der Waals surface area (Å²) in [5, 5.41) is 7.50. The number of nitrogens with one attached hydrogen (secondary N) is 1. The number of aromatic nitrogens is 2. The number of guanidine groups is 1. The smallest absolute Gasteiger partial charge is 0.194 e. The van der Waals surface area contributed by atoms with Crippen molar-refractivity contribution < 1.29 is 4.52 Å². The highest BCUT2D eigenvalue weighted by Crippen LogP contribution is 2.16. The van der Waals surface area contributed by atoms with E-state index in [1.54, 1.807) is 6.26 Å². The van der Waals surface area contributed by atoms with Crippen LogP contribution in [0, 0.1) is 0 Å². The molecule has 0 radical (unpaired) electrons. The summed E-state index contributed by atoms with van der Waals surface area (Å²) in [6.45, 7) is 16.0. The van der Waals surface area contributed by atoms with Crippen molar-refractivity contribution in [3.05, 3.63) is 41.9 Å². The number of aliphatic imine (C=N–C) groups is 1. The zero-order valence-corrected chi connectivity index (χ0v) is 19.4. The first kappa shape index (κ1) is 22.5. The topological polar surface area (TPSA) is 76.3 Å². The molecule has 4 heterocycles. The van der Waals surface area contributed by atoms with Gasteiger partial charge in [0, 0.05) is 77.7 Å². The Kier molecular flexibility index (Phi) is 7.95. The zero-order chi connectivity index (χ0) is 22.2. The van der Waals surface area contributed by atoms with E-state index in [0.717, 1.165) is 89.5 Å². The summed E-state index contributed by atoms with van der Waals surface area (Å²) in [6.07, 6.45) is 3.55. The molecule has 2 aliphatic rings. The maximum atomic E-state index is 4.95. The summed E-state index contributed by atoms with van der Waals surface area (Å²) in [5.74, 6) is 2.06. The lowest BCUT2D eigenvalue weighted by Crippen LogP contribution is -2.52. The molecule has 2 aromatic rings. The van der Waals surface area contributed by atoms with Gasteiger partial charge in [-0.05, 0) is 31.2 Å². The molecule has 0 aromatic carbocycles. The summed E-state index contributed by atoms with van der Waals surface area (Å²) >= 11 is 0. The first-order valence-electron chi connectivity index (χ1n) is 11.8. The fourth-order valence-electron chi connectivity index (χ4n) is 4.28. The van der Waals surface area contributed by atoms with E-state index in [1.165, 1.54) is 5.56 Å². The first-order valence-corrected chi connectivity index (χ1v) is 11.8. The van der Waals surface area contributed by atoms with E-state index in [-0.39, 0.29) is 0 Å². The van der Waals surface area contributed by atoms with Crippen molar-refractivity contribution >= 4 is 11.8 Å². The normalized spacial score (nSPS) is 18.9. The fourth-order valence-corrected chi connectivity index (χ4v) is 4.28. The minimum absolute atomic E-state index is 0.659. The maximum absolute atomic E-state index is 4.95. The third kappa shape index (κ3) is 5.98. The van der Waals surface area contributed by atoms with Crippen molar-refractivity contribution in [1.29, 1.82) is 0 Å². The van der Waals surface area contributed by atoms with Crippen LogP contribution in [0.4, 0.5) is 5.82 Å². The van der Waals surface area contributed by atoms with E-state index in [2.05, 4.69) is 61.0 Å². The number of rotatable bonds is 7. The molecule has 32 heavy (non-hydrogen) atoms. The van der Waals surface area contributed by atoms with Gasteiger partial charge in [0.2, 0.25) is 0 Å². The molecule has 0 aliphatic carbocycles. The minimum Gasteiger partial charge on any atom is -0.364 e. The summed E-state index contributed by atoms with van der Waals surface area (Å²) < 4.78 is 4.95. The maximum Gasteiger partial charge on any atom is 0.194 e. The Balaban J connectivity index is 1.33. The van der Waals surface area contributed by atoms with Gasteiger partial charge in [0.1, 0.15) is 12.1 Å². The van der Waals surface area contributed by atoms with Gasteiger partial charge in [-0.2, -0.15) is 0 Å². The van der Waals surface area contributed by atoms with E-state index in [0.29, 0.717) is 6.54 Å². The van der Waals surface area contributed by atoms with Crippen LogP contribution >= 0.6 is 0 Å². The number of nitrogens with zero attached hydrogens (tertiary/aromatic N) is 7. The predicted molar refractivity (Wildman–Crippen MR) is 127 cm³/mol. The molecule has 2 aliphatic heterocycles. The fraction of sp³-hybridized carbons (Fsp3) is 0.609. The predicted octanol–water partition coefficient (Wildman–Crippen LogP) is 1.49. The Labute approximate surface area is 191 Å². The molecule has 174 valence electrons. The van der Waals surface area contributed by atoms with Crippen LogP contribution in [0.25, 0.3) is 0 Å². The van der Waals surface area contributed by atoms with Crippen molar-refractivity contribution in [1.82, 2.24) is 30.2 Å². The van der Waals surface area contributed by atoms with Gasteiger partial charge in [-0.15, -0.1) is 0 Å². The highest BCUT2D eigenvalue weighted by molar-refractivity contribution is 5.80. The molecule has 2 aromatic heterocycles. The van der Waals surface area contributed by atoms with Crippen LogP contribution < -0.4 is 10.2 Å². The quantitative estimate of drug-likeness (QED) is 0.513. The Morgan fingerprint density at radius 2 is 1.81 bits per heavy atom. The summed E-state index contributed by atoms with van der Waals surface area (Å²) in [7, 11) is 0. The van der Waals surface area contributed by atoms with Crippen LogP contribution in [0.5, 0.6) is 0 Å². The molecule has 0 spiro atoms. The van der Waals surface area contributed by atoms with Crippen molar-refractivity contribution in [2.45, 2.75) is 26.9 Å². The first-order chi connectivity index (χ1) is 15.7. The second kappa shape index (κ2) is 11.3. The Morgan fingerprint density at radius 1 is 1.03 bits per heavy atom. The molecule has 0 amide bonds. The van der Waals surface area contributed by atoms with Crippen molar-refractivity contribution in [3.8, 4) is 0 Å². The van der Waals surface area contributed by atoms with Crippen LogP contribution in [-0.2, 0) is 13.1 Å². The van der Waals surface area contributed by atoms with E-state index in [9.17, 15) is 0 Å². The molecule has 0 unspecified atom stereocenters. The van der Waals surface area contributed by atoms with Gasteiger partial charge < -0.3 is 24.5 Å². The lowest BCUT2D eigenvalue weighted by Gasteiger charge is -2.36. The third-order valence-electron chi connectivity index (χ3n) is 6.25. The lowest BCUT2D eigenvalue weighted by atomic mass is 10.2. The zero-order valence-electron chi connectivity index (χ0n) is 19.4. The molecule has 0 bridgehead atoms. The van der Waals surface area contributed by atoms with Gasteiger partial charge in [0.15, 0.2) is 5.96 Å². The van der Waals surface area contributed by atoms with E-state index in [1.807, 2.05) is 12.3 Å². The molecule has 0 atom stereocenters. The van der Waals surface area contributed by atoms with E-state index < -0.39 is 0 Å². The number of piperazine rings is 2. The van der Waals surface area contributed by atoms with Gasteiger partial charge in [-0.1, -0.05) is 12.1 Å². The van der Waals surface area contributed by atoms with Gasteiger partial charge in [0.05, 0.1) is 12.2 Å². The molecular formula is C23H36N8O. The third-order valence-corrected chi connectivity index (χ3v) is 6.25. The van der Waals surface area contributed by atoms with E-state index >= 15 is 0 Å². The molecule has 0 saturated carbocycles. The van der Waals surface area contributed by atoms with Gasteiger partial charge in [-0.25, -0.2) is 9.98 Å². The van der Waals surface area contributed by atoms with Crippen molar-refractivity contribution in [2.24, 2.45) is 4.99 Å². The van der Waals surface area contributed by atoms with Crippen LogP contribution in [0.3, 0.4) is 0 Å². The average molecular weight is 441 g/mol. The number of hydrogen-bond donors (Lipinski definition) is 1. The van der Waals surface area contributed by atoms with Gasteiger partial charge in [0.25, 0.3) is 0 Å². The highest BCUT2D eigenvalue weighted by atomic mass is 16.5.